The topological polar surface area (TPSA) is 88.9 Å². The summed E-state index contributed by atoms with van der Waals surface area (Å²) < 4.78 is 40.6. The first-order valence-electron chi connectivity index (χ1n) is 10.9. The highest BCUT2D eigenvalue weighted by Crippen LogP contribution is 2.34. The Bertz CT molecular complexity index is 1260. The molecule has 0 bridgehead atoms. The van der Waals surface area contributed by atoms with Crippen LogP contribution in [0.15, 0.2) is 47.6 Å². The summed E-state index contributed by atoms with van der Waals surface area (Å²) in [4.78, 5) is 25.2. The minimum atomic E-state index is -4.56. The number of benzene rings is 2. The van der Waals surface area contributed by atoms with Crippen LogP contribution in [0.1, 0.15) is 47.2 Å². The molecule has 0 aliphatic carbocycles. The van der Waals surface area contributed by atoms with Crippen molar-refractivity contribution in [1.29, 1.82) is 0 Å². The summed E-state index contributed by atoms with van der Waals surface area (Å²) >= 11 is 7.00. The van der Waals surface area contributed by atoms with Crippen molar-refractivity contribution >= 4 is 40.9 Å². The van der Waals surface area contributed by atoms with Crippen LogP contribution in [-0.4, -0.2) is 32.3 Å². The fourth-order valence-electron chi connectivity index (χ4n) is 3.38. The molecule has 3 aromatic rings. The third-order valence-electron chi connectivity index (χ3n) is 5.28. The second-order valence-electron chi connectivity index (χ2n) is 8.49. The van der Waals surface area contributed by atoms with Gasteiger partial charge in [0.05, 0.1) is 28.1 Å². The highest BCUT2D eigenvalue weighted by Gasteiger charge is 2.31. The van der Waals surface area contributed by atoms with Gasteiger partial charge in [-0.2, -0.15) is 13.2 Å². The highest BCUT2D eigenvalue weighted by molar-refractivity contribution is 7.99. The average Bonchev–Trinajstić information content (AvgIpc) is 3.16. The number of amides is 2. The summed E-state index contributed by atoms with van der Waals surface area (Å²) in [5.41, 5.74) is 0.447. The van der Waals surface area contributed by atoms with Crippen LogP contribution in [0.4, 0.5) is 18.9 Å². The quantitative estimate of drug-likeness (QED) is 0.361. The van der Waals surface area contributed by atoms with Crippen molar-refractivity contribution in [3.05, 3.63) is 70.0 Å². The van der Waals surface area contributed by atoms with Crippen LogP contribution in [0.2, 0.25) is 5.02 Å². The lowest BCUT2D eigenvalue weighted by molar-refractivity contribution is -0.137. The molecule has 1 heterocycles. The number of nitrogens with zero attached hydrogens (tertiary/aromatic N) is 3. The van der Waals surface area contributed by atoms with Gasteiger partial charge >= 0.3 is 6.18 Å². The predicted molar refractivity (Wildman–Crippen MR) is 133 cm³/mol. The Kier molecular flexibility index (Phi) is 8.67. The van der Waals surface area contributed by atoms with Gasteiger partial charge in [-0.1, -0.05) is 54.9 Å². The van der Waals surface area contributed by atoms with E-state index < -0.39 is 23.7 Å². The average molecular weight is 540 g/mol. The Morgan fingerprint density at radius 3 is 2.50 bits per heavy atom. The van der Waals surface area contributed by atoms with Gasteiger partial charge in [0, 0.05) is 12.6 Å². The summed E-state index contributed by atoms with van der Waals surface area (Å²) in [6.07, 6.45) is -4.56. The first-order valence-corrected chi connectivity index (χ1v) is 12.3. The Morgan fingerprint density at radius 2 is 1.86 bits per heavy atom. The van der Waals surface area contributed by atoms with Gasteiger partial charge in [0.1, 0.15) is 0 Å². The molecule has 0 aliphatic heterocycles. The van der Waals surface area contributed by atoms with Crippen LogP contribution < -0.4 is 10.6 Å². The number of aromatic nitrogens is 3. The van der Waals surface area contributed by atoms with Gasteiger partial charge in [0.15, 0.2) is 11.0 Å². The van der Waals surface area contributed by atoms with Crippen molar-refractivity contribution in [2.45, 2.75) is 38.1 Å². The zero-order valence-corrected chi connectivity index (χ0v) is 21.6. The van der Waals surface area contributed by atoms with Gasteiger partial charge in [-0.25, -0.2) is 0 Å². The van der Waals surface area contributed by atoms with Gasteiger partial charge in [0.2, 0.25) is 5.91 Å². The Morgan fingerprint density at radius 1 is 1.14 bits per heavy atom. The van der Waals surface area contributed by atoms with Crippen molar-refractivity contribution in [3.63, 3.8) is 0 Å². The van der Waals surface area contributed by atoms with E-state index in [-0.39, 0.29) is 28.3 Å². The molecule has 192 valence electrons. The molecule has 12 heteroatoms. The van der Waals surface area contributed by atoms with Crippen molar-refractivity contribution in [3.8, 4) is 0 Å². The van der Waals surface area contributed by atoms with E-state index in [1.807, 2.05) is 32.9 Å². The fourth-order valence-corrected chi connectivity index (χ4v) is 4.26. The Hall–Kier alpha value is -3.05. The van der Waals surface area contributed by atoms with Gasteiger partial charge in [-0.05, 0) is 43.2 Å². The molecule has 36 heavy (non-hydrogen) atoms. The van der Waals surface area contributed by atoms with E-state index in [1.165, 1.54) is 0 Å². The second kappa shape index (κ2) is 11.3. The third kappa shape index (κ3) is 6.79. The standard InChI is InChI=1S/C24H25ClF3N5O2S/c1-13(2)20(30-22(35)15-7-5-6-14(3)10-15)21-31-32-23(33(21)4)36-12-19(34)29-18-11-16(24(26,27)28)8-9-17(18)25/h5-11,13,20H,12H2,1-4H3,(H,29,34)(H,30,35)/t20-/m0/s1. The van der Waals surface area contributed by atoms with Gasteiger partial charge in [-0.3, -0.25) is 9.59 Å². The molecule has 0 aliphatic rings. The smallest absolute Gasteiger partial charge is 0.342 e. The molecule has 0 radical (unpaired) electrons. The number of rotatable bonds is 8. The lowest BCUT2D eigenvalue weighted by atomic mass is 10.0. The number of hydrogen-bond donors (Lipinski definition) is 2. The van der Waals surface area contributed by atoms with E-state index in [0.29, 0.717) is 16.5 Å². The van der Waals surface area contributed by atoms with Crippen molar-refractivity contribution in [2.24, 2.45) is 13.0 Å². The monoisotopic (exact) mass is 539 g/mol. The summed E-state index contributed by atoms with van der Waals surface area (Å²) in [5.74, 6) is -0.438. The van der Waals surface area contributed by atoms with Gasteiger partial charge in [0.25, 0.3) is 5.91 Å². The predicted octanol–water partition coefficient (Wildman–Crippen LogP) is 5.65. The van der Waals surface area contributed by atoms with Crippen LogP contribution in [0, 0.1) is 12.8 Å². The maximum Gasteiger partial charge on any atom is 0.416 e. The second-order valence-corrected chi connectivity index (χ2v) is 9.84. The lowest BCUT2D eigenvalue weighted by Crippen LogP contribution is -2.33. The number of hydrogen-bond acceptors (Lipinski definition) is 5. The normalized spacial score (nSPS) is 12.5. The SMILES string of the molecule is Cc1cccc(C(=O)N[C@H](c2nnc(SCC(=O)Nc3cc(C(F)(F)F)ccc3Cl)n2C)C(C)C)c1. The largest absolute Gasteiger partial charge is 0.416 e. The van der Waals surface area contributed by atoms with E-state index in [1.54, 1.807) is 23.7 Å². The van der Waals surface area contributed by atoms with Gasteiger partial charge < -0.3 is 15.2 Å². The first-order chi connectivity index (χ1) is 16.9. The number of nitrogens with one attached hydrogen (secondary N) is 2. The summed E-state index contributed by atoms with van der Waals surface area (Å²) in [7, 11) is 1.72. The van der Waals surface area contributed by atoms with E-state index in [2.05, 4.69) is 20.8 Å². The molecule has 2 aromatic carbocycles. The zero-order chi connectivity index (χ0) is 26.6. The summed E-state index contributed by atoms with van der Waals surface area (Å²) in [6.45, 7) is 5.78. The molecule has 1 atom stereocenters. The number of carbonyl (C=O) groups excluding carboxylic acids is 2. The molecule has 2 amide bonds. The van der Waals surface area contributed by atoms with E-state index in [9.17, 15) is 22.8 Å². The fraction of sp³-hybridized carbons (Fsp3) is 0.333. The van der Waals surface area contributed by atoms with Gasteiger partial charge in [-0.15, -0.1) is 10.2 Å². The van der Waals surface area contributed by atoms with Crippen LogP contribution in [-0.2, 0) is 18.0 Å². The van der Waals surface area contributed by atoms with Crippen molar-refractivity contribution in [2.75, 3.05) is 11.1 Å². The van der Waals surface area contributed by atoms with E-state index in [0.717, 1.165) is 35.5 Å². The molecule has 0 saturated carbocycles. The number of alkyl halides is 3. The van der Waals surface area contributed by atoms with Crippen LogP contribution in [0.5, 0.6) is 0 Å². The van der Waals surface area contributed by atoms with Crippen LogP contribution >= 0.6 is 23.4 Å². The molecular weight excluding hydrogens is 515 g/mol. The minimum absolute atomic E-state index is 0.00794. The molecule has 0 saturated heterocycles. The number of anilines is 1. The number of halogens is 4. The lowest BCUT2D eigenvalue weighted by Gasteiger charge is -2.22. The van der Waals surface area contributed by atoms with E-state index in [4.69, 9.17) is 11.6 Å². The molecule has 3 rings (SSSR count). The molecule has 0 unspecified atom stereocenters. The van der Waals surface area contributed by atoms with E-state index >= 15 is 0 Å². The number of aryl methyl sites for hydroxylation is 1. The van der Waals surface area contributed by atoms with Crippen LogP contribution in [0.25, 0.3) is 0 Å². The molecule has 0 fully saturated rings. The van der Waals surface area contributed by atoms with Crippen molar-refractivity contribution < 1.29 is 22.8 Å². The summed E-state index contributed by atoms with van der Waals surface area (Å²) in [6, 6.07) is 9.50. The Labute approximate surface area is 215 Å². The maximum absolute atomic E-state index is 13.0. The number of thioether (sulfide) groups is 1. The maximum atomic E-state index is 13.0. The molecule has 0 spiro atoms. The molecule has 2 N–H and O–H groups in total. The third-order valence-corrected chi connectivity index (χ3v) is 6.63. The molecule has 7 nitrogen and oxygen atoms in total. The van der Waals surface area contributed by atoms with Crippen molar-refractivity contribution in [1.82, 2.24) is 20.1 Å². The molecule has 1 aromatic heterocycles. The summed E-state index contributed by atoms with van der Waals surface area (Å²) in [5, 5.41) is 14.1. The highest BCUT2D eigenvalue weighted by atomic mass is 35.5. The molecular formula is C24H25ClF3N5O2S. The van der Waals surface area contributed by atoms with Crippen LogP contribution in [0.3, 0.4) is 0 Å². The minimum Gasteiger partial charge on any atom is -0.342 e. The zero-order valence-electron chi connectivity index (χ0n) is 20.0. The first kappa shape index (κ1) is 27.5. The Balaban J connectivity index is 1.68. The number of carbonyl (C=O) groups is 2.